The minimum atomic E-state index is 0.554. The molecule has 16 heavy (non-hydrogen) atoms. The number of hydrogen-bond acceptors (Lipinski definition) is 2. The fourth-order valence-corrected chi connectivity index (χ4v) is 2.17. The number of rotatable bonds is 3. The smallest absolute Gasteiger partial charge is 0.121 e. The van der Waals surface area contributed by atoms with Crippen LogP contribution in [-0.4, -0.2) is 17.1 Å². The summed E-state index contributed by atoms with van der Waals surface area (Å²) in [5, 5.41) is 0. The maximum Gasteiger partial charge on any atom is 0.121 e. The van der Waals surface area contributed by atoms with E-state index in [1.165, 1.54) is 12.8 Å². The SMILES string of the molecule is COc1ccc2nc(C(C)C3CC3)[nH]c2c1. The van der Waals surface area contributed by atoms with Crippen molar-refractivity contribution in [3.63, 3.8) is 0 Å². The molecule has 3 heteroatoms. The summed E-state index contributed by atoms with van der Waals surface area (Å²) in [5.41, 5.74) is 2.10. The highest BCUT2D eigenvalue weighted by molar-refractivity contribution is 5.76. The molecule has 3 nitrogen and oxygen atoms in total. The van der Waals surface area contributed by atoms with Gasteiger partial charge in [0.2, 0.25) is 0 Å². The Hall–Kier alpha value is -1.51. The van der Waals surface area contributed by atoms with Crippen molar-refractivity contribution in [2.45, 2.75) is 25.7 Å². The second-order valence-electron chi connectivity index (χ2n) is 4.63. The number of nitrogens with zero attached hydrogens (tertiary/aromatic N) is 1. The van der Waals surface area contributed by atoms with Gasteiger partial charge in [0.15, 0.2) is 0 Å². The summed E-state index contributed by atoms with van der Waals surface area (Å²) in [5.74, 6) is 3.38. The van der Waals surface area contributed by atoms with Crippen molar-refractivity contribution in [1.29, 1.82) is 0 Å². The Bertz CT molecular complexity index is 514. The molecular weight excluding hydrogens is 200 g/mol. The Morgan fingerprint density at radius 1 is 1.44 bits per heavy atom. The van der Waals surface area contributed by atoms with Gasteiger partial charge in [-0.3, -0.25) is 0 Å². The van der Waals surface area contributed by atoms with Gasteiger partial charge in [0, 0.05) is 12.0 Å². The van der Waals surface area contributed by atoms with E-state index >= 15 is 0 Å². The Morgan fingerprint density at radius 3 is 2.94 bits per heavy atom. The van der Waals surface area contributed by atoms with Crippen LogP contribution >= 0.6 is 0 Å². The predicted molar refractivity (Wildman–Crippen MR) is 63.8 cm³/mol. The third-order valence-electron chi connectivity index (χ3n) is 3.47. The van der Waals surface area contributed by atoms with Crippen molar-refractivity contribution in [1.82, 2.24) is 9.97 Å². The molecule has 1 fully saturated rings. The van der Waals surface area contributed by atoms with Gasteiger partial charge in [0.25, 0.3) is 0 Å². The van der Waals surface area contributed by atoms with Crippen LogP contribution in [0.1, 0.15) is 31.5 Å². The summed E-state index contributed by atoms with van der Waals surface area (Å²) in [6, 6.07) is 5.97. The van der Waals surface area contributed by atoms with Crippen LogP contribution in [0.25, 0.3) is 11.0 Å². The minimum absolute atomic E-state index is 0.554. The minimum Gasteiger partial charge on any atom is -0.497 e. The highest BCUT2D eigenvalue weighted by atomic mass is 16.5. The zero-order chi connectivity index (χ0) is 11.1. The molecule has 0 saturated heterocycles. The van der Waals surface area contributed by atoms with Gasteiger partial charge >= 0.3 is 0 Å². The first-order valence-corrected chi connectivity index (χ1v) is 5.81. The molecule has 84 valence electrons. The summed E-state index contributed by atoms with van der Waals surface area (Å²) in [6.45, 7) is 2.26. The number of H-pyrrole nitrogens is 1. The Morgan fingerprint density at radius 2 is 2.25 bits per heavy atom. The van der Waals surface area contributed by atoms with Crippen LogP contribution in [0.3, 0.4) is 0 Å². The Labute approximate surface area is 94.8 Å². The van der Waals surface area contributed by atoms with Gasteiger partial charge in [-0.2, -0.15) is 0 Å². The first-order chi connectivity index (χ1) is 7.78. The number of imidazole rings is 1. The molecule has 1 aliphatic rings. The van der Waals surface area contributed by atoms with E-state index in [4.69, 9.17) is 4.74 Å². The predicted octanol–water partition coefficient (Wildman–Crippen LogP) is 3.09. The molecular formula is C13H16N2O. The first-order valence-electron chi connectivity index (χ1n) is 5.81. The van der Waals surface area contributed by atoms with Crippen molar-refractivity contribution in [2.24, 2.45) is 5.92 Å². The van der Waals surface area contributed by atoms with E-state index in [-0.39, 0.29) is 0 Å². The highest BCUT2D eigenvalue weighted by Gasteiger charge is 2.30. The van der Waals surface area contributed by atoms with Crippen molar-refractivity contribution < 1.29 is 4.74 Å². The molecule has 1 atom stereocenters. The fraction of sp³-hybridized carbons (Fsp3) is 0.462. The van der Waals surface area contributed by atoms with E-state index < -0.39 is 0 Å². The van der Waals surface area contributed by atoms with E-state index in [0.29, 0.717) is 5.92 Å². The topological polar surface area (TPSA) is 37.9 Å². The van der Waals surface area contributed by atoms with Gasteiger partial charge < -0.3 is 9.72 Å². The van der Waals surface area contributed by atoms with E-state index in [9.17, 15) is 0 Å². The van der Waals surface area contributed by atoms with Crippen LogP contribution in [-0.2, 0) is 0 Å². The number of hydrogen-bond donors (Lipinski definition) is 1. The molecule has 1 N–H and O–H groups in total. The molecule has 1 heterocycles. The molecule has 0 bridgehead atoms. The van der Waals surface area contributed by atoms with Crippen LogP contribution in [0.4, 0.5) is 0 Å². The molecule has 1 unspecified atom stereocenters. The summed E-state index contributed by atoms with van der Waals surface area (Å²) in [7, 11) is 1.69. The number of nitrogens with one attached hydrogen (secondary N) is 1. The molecule has 0 spiro atoms. The zero-order valence-electron chi connectivity index (χ0n) is 9.66. The molecule has 1 aromatic heterocycles. The maximum absolute atomic E-state index is 5.20. The largest absolute Gasteiger partial charge is 0.497 e. The lowest BCUT2D eigenvalue weighted by atomic mass is 10.1. The van der Waals surface area contributed by atoms with Crippen LogP contribution in [0.2, 0.25) is 0 Å². The number of ether oxygens (including phenoxy) is 1. The number of aromatic nitrogens is 2. The lowest BCUT2D eigenvalue weighted by Crippen LogP contribution is -1.97. The van der Waals surface area contributed by atoms with Crippen LogP contribution in [0.15, 0.2) is 18.2 Å². The van der Waals surface area contributed by atoms with Gasteiger partial charge in [0.1, 0.15) is 11.6 Å². The average Bonchev–Trinajstić information content (AvgIpc) is 3.06. The lowest BCUT2D eigenvalue weighted by molar-refractivity contribution is 0.415. The van der Waals surface area contributed by atoms with Crippen LogP contribution in [0, 0.1) is 5.92 Å². The van der Waals surface area contributed by atoms with Crippen LogP contribution in [0.5, 0.6) is 5.75 Å². The number of fused-ring (bicyclic) bond motifs is 1. The third-order valence-corrected chi connectivity index (χ3v) is 3.47. The number of benzene rings is 1. The molecule has 2 aromatic rings. The molecule has 3 rings (SSSR count). The quantitative estimate of drug-likeness (QED) is 0.856. The molecule has 1 aromatic carbocycles. The number of methoxy groups -OCH3 is 1. The molecule has 1 aliphatic carbocycles. The molecule has 0 amide bonds. The summed E-state index contributed by atoms with van der Waals surface area (Å²) in [4.78, 5) is 8.04. The van der Waals surface area contributed by atoms with Crippen LogP contribution < -0.4 is 4.74 Å². The summed E-state index contributed by atoms with van der Waals surface area (Å²) < 4.78 is 5.20. The van der Waals surface area contributed by atoms with Gasteiger partial charge in [0.05, 0.1) is 18.1 Å². The average molecular weight is 216 g/mol. The van der Waals surface area contributed by atoms with Crippen molar-refractivity contribution >= 4 is 11.0 Å². The lowest BCUT2D eigenvalue weighted by Gasteiger charge is -2.04. The normalized spacial score (nSPS) is 17.6. The third kappa shape index (κ3) is 1.56. The van der Waals surface area contributed by atoms with Gasteiger partial charge in [-0.25, -0.2) is 4.98 Å². The summed E-state index contributed by atoms with van der Waals surface area (Å²) >= 11 is 0. The first kappa shape index (κ1) is 9.70. The second kappa shape index (κ2) is 3.51. The highest BCUT2D eigenvalue weighted by Crippen LogP contribution is 2.41. The van der Waals surface area contributed by atoms with Crippen molar-refractivity contribution in [3.05, 3.63) is 24.0 Å². The summed E-state index contributed by atoms with van der Waals surface area (Å²) in [6.07, 6.45) is 2.70. The fourth-order valence-electron chi connectivity index (χ4n) is 2.17. The van der Waals surface area contributed by atoms with Crippen molar-refractivity contribution in [3.8, 4) is 5.75 Å². The Balaban J connectivity index is 2.01. The van der Waals surface area contributed by atoms with E-state index in [1.807, 2.05) is 18.2 Å². The van der Waals surface area contributed by atoms with Crippen molar-refractivity contribution in [2.75, 3.05) is 7.11 Å². The van der Waals surface area contributed by atoms with Gasteiger partial charge in [-0.15, -0.1) is 0 Å². The standard InChI is InChI=1S/C13H16N2O/c1-8(9-3-4-9)13-14-11-6-5-10(16-2)7-12(11)15-13/h5-9H,3-4H2,1-2H3,(H,14,15). The second-order valence-corrected chi connectivity index (χ2v) is 4.63. The number of aromatic amines is 1. The molecule has 0 aliphatic heterocycles. The van der Waals surface area contributed by atoms with E-state index in [2.05, 4.69) is 16.9 Å². The van der Waals surface area contributed by atoms with Gasteiger partial charge in [-0.05, 0) is 30.9 Å². The van der Waals surface area contributed by atoms with E-state index in [1.54, 1.807) is 7.11 Å². The van der Waals surface area contributed by atoms with Gasteiger partial charge in [-0.1, -0.05) is 6.92 Å². The maximum atomic E-state index is 5.20. The van der Waals surface area contributed by atoms with E-state index in [0.717, 1.165) is 28.5 Å². The Kier molecular flexibility index (Phi) is 2.13. The molecule has 0 radical (unpaired) electrons. The monoisotopic (exact) mass is 216 g/mol. The molecule has 1 saturated carbocycles. The zero-order valence-corrected chi connectivity index (χ0v) is 9.66.